The van der Waals surface area contributed by atoms with Gasteiger partial charge in [-0.2, -0.15) is 0 Å². The summed E-state index contributed by atoms with van der Waals surface area (Å²) in [5.41, 5.74) is 0. The second-order valence-electron chi connectivity index (χ2n) is 3.61. The molecule has 0 saturated carbocycles. The highest BCUT2D eigenvalue weighted by atomic mass is 32.2. The standard InChI is InChI=1S/C8H12N4O3S2/c1-9-8-11-10-6(16-8)7(13)12-2-4-17(14,15)5-3-12/h2-5H2,1H3,(H,9,11). The van der Waals surface area contributed by atoms with Gasteiger partial charge in [0.15, 0.2) is 9.84 Å². The Bertz CT molecular complexity index is 511. The van der Waals surface area contributed by atoms with Gasteiger partial charge in [-0.1, -0.05) is 11.3 Å². The first-order valence-electron chi connectivity index (χ1n) is 5.03. The Kier molecular flexibility index (Phi) is 3.29. The van der Waals surface area contributed by atoms with Crippen molar-refractivity contribution in [2.75, 3.05) is 37.0 Å². The van der Waals surface area contributed by atoms with Crippen molar-refractivity contribution in [3.63, 3.8) is 0 Å². The molecular weight excluding hydrogens is 264 g/mol. The number of sulfone groups is 1. The summed E-state index contributed by atoms with van der Waals surface area (Å²) < 4.78 is 22.5. The van der Waals surface area contributed by atoms with Crippen molar-refractivity contribution in [1.82, 2.24) is 15.1 Å². The fourth-order valence-corrected chi connectivity index (χ4v) is 3.33. The molecule has 1 amide bonds. The van der Waals surface area contributed by atoms with Crippen molar-refractivity contribution < 1.29 is 13.2 Å². The summed E-state index contributed by atoms with van der Waals surface area (Å²) in [5, 5.41) is 11.2. The maximum Gasteiger partial charge on any atom is 0.284 e. The Morgan fingerprint density at radius 1 is 1.35 bits per heavy atom. The van der Waals surface area contributed by atoms with E-state index in [0.717, 1.165) is 11.3 Å². The number of nitrogens with zero attached hydrogens (tertiary/aromatic N) is 3. The molecule has 17 heavy (non-hydrogen) atoms. The van der Waals surface area contributed by atoms with Gasteiger partial charge in [-0.15, -0.1) is 10.2 Å². The molecule has 0 bridgehead atoms. The molecule has 0 spiro atoms. The fourth-order valence-electron chi connectivity index (χ4n) is 1.46. The number of amides is 1. The number of nitrogens with one attached hydrogen (secondary N) is 1. The van der Waals surface area contributed by atoms with E-state index in [1.54, 1.807) is 7.05 Å². The summed E-state index contributed by atoms with van der Waals surface area (Å²) >= 11 is 1.16. The summed E-state index contributed by atoms with van der Waals surface area (Å²) in [4.78, 5) is 13.5. The maximum absolute atomic E-state index is 12.0. The van der Waals surface area contributed by atoms with Crippen LogP contribution in [0.25, 0.3) is 0 Å². The molecule has 9 heteroatoms. The Labute approximate surface area is 103 Å². The third-order valence-electron chi connectivity index (χ3n) is 2.45. The van der Waals surface area contributed by atoms with E-state index in [1.807, 2.05) is 0 Å². The molecule has 2 rings (SSSR count). The summed E-state index contributed by atoms with van der Waals surface area (Å²) in [6.45, 7) is 0.464. The lowest BCUT2D eigenvalue weighted by molar-refractivity contribution is 0.0769. The molecule has 1 N–H and O–H groups in total. The van der Waals surface area contributed by atoms with Crippen LogP contribution in [0.5, 0.6) is 0 Å². The van der Waals surface area contributed by atoms with Gasteiger partial charge in [0.2, 0.25) is 10.1 Å². The molecule has 0 aliphatic carbocycles. The number of aromatic nitrogens is 2. The van der Waals surface area contributed by atoms with Gasteiger partial charge in [0.25, 0.3) is 5.91 Å². The quantitative estimate of drug-likeness (QED) is 0.779. The lowest BCUT2D eigenvalue weighted by atomic mass is 10.4. The van der Waals surface area contributed by atoms with E-state index in [0.29, 0.717) is 5.13 Å². The van der Waals surface area contributed by atoms with Crippen LogP contribution in [0, 0.1) is 0 Å². The highest BCUT2D eigenvalue weighted by molar-refractivity contribution is 7.91. The molecule has 94 valence electrons. The average molecular weight is 276 g/mol. The zero-order valence-corrected chi connectivity index (χ0v) is 10.8. The van der Waals surface area contributed by atoms with Crippen LogP contribution in [0.3, 0.4) is 0 Å². The zero-order chi connectivity index (χ0) is 12.5. The Hall–Kier alpha value is -1.22. The van der Waals surface area contributed by atoms with Crippen LogP contribution in [-0.4, -0.2) is 61.1 Å². The van der Waals surface area contributed by atoms with E-state index < -0.39 is 9.84 Å². The summed E-state index contributed by atoms with van der Waals surface area (Å²) in [6, 6.07) is 0. The van der Waals surface area contributed by atoms with E-state index in [4.69, 9.17) is 0 Å². The first-order valence-corrected chi connectivity index (χ1v) is 7.66. The first kappa shape index (κ1) is 12.2. The second kappa shape index (κ2) is 4.57. The van der Waals surface area contributed by atoms with Crippen LogP contribution in [-0.2, 0) is 9.84 Å². The third-order valence-corrected chi connectivity index (χ3v) is 4.99. The van der Waals surface area contributed by atoms with Crippen LogP contribution >= 0.6 is 11.3 Å². The van der Waals surface area contributed by atoms with Gasteiger partial charge in [0.05, 0.1) is 11.5 Å². The maximum atomic E-state index is 12.0. The average Bonchev–Trinajstić information content (AvgIpc) is 2.76. The van der Waals surface area contributed by atoms with Gasteiger partial charge in [-0.3, -0.25) is 4.79 Å². The topological polar surface area (TPSA) is 92.3 Å². The van der Waals surface area contributed by atoms with Crippen molar-refractivity contribution in [3.8, 4) is 0 Å². The summed E-state index contributed by atoms with van der Waals surface area (Å²) in [6.07, 6.45) is 0. The zero-order valence-electron chi connectivity index (χ0n) is 9.21. The molecule has 7 nitrogen and oxygen atoms in total. The van der Waals surface area contributed by atoms with E-state index in [-0.39, 0.29) is 35.5 Å². The summed E-state index contributed by atoms with van der Waals surface area (Å²) in [5.74, 6) is -0.203. The molecule has 1 aromatic heterocycles. The van der Waals surface area contributed by atoms with Crippen molar-refractivity contribution >= 4 is 32.2 Å². The normalized spacial score (nSPS) is 19.0. The van der Waals surface area contributed by atoms with E-state index in [9.17, 15) is 13.2 Å². The van der Waals surface area contributed by atoms with Crippen LogP contribution in [0.4, 0.5) is 5.13 Å². The number of anilines is 1. The molecule has 1 saturated heterocycles. The number of hydrogen-bond donors (Lipinski definition) is 1. The molecule has 0 aromatic carbocycles. The van der Waals surface area contributed by atoms with E-state index in [2.05, 4.69) is 15.5 Å². The number of carbonyl (C=O) groups excluding carboxylic acids is 1. The number of hydrogen-bond acceptors (Lipinski definition) is 7. The van der Waals surface area contributed by atoms with Crippen LogP contribution < -0.4 is 5.32 Å². The molecule has 0 unspecified atom stereocenters. The van der Waals surface area contributed by atoms with Crippen molar-refractivity contribution in [3.05, 3.63) is 5.01 Å². The second-order valence-corrected chi connectivity index (χ2v) is 6.89. The van der Waals surface area contributed by atoms with Gasteiger partial charge in [-0.25, -0.2) is 8.42 Å². The van der Waals surface area contributed by atoms with Crippen molar-refractivity contribution in [2.24, 2.45) is 0 Å². The molecule has 1 fully saturated rings. The summed E-state index contributed by atoms with van der Waals surface area (Å²) in [7, 11) is -1.27. The minimum atomic E-state index is -2.97. The largest absolute Gasteiger partial charge is 0.363 e. The Balaban J connectivity index is 2.06. The molecule has 1 aliphatic heterocycles. The van der Waals surface area contributed by atoms with Gasteiger partial charge >= 0.3 is 0 Å². The fraction of sp³-hybridized carbons (Fsp3) is 0.625. The lowest BCUT2D eigenvalue weighted by Gasteiger charge is -2.25. The van der Waals surface area contributed by atoms with Crippen LogP contribution in [0.15, 0.2) is 0 Å². The molecular formula is C8H12N4O3S2. The number of rotatable bonds is 2. The lowest BCUT2D eigenvalue weighted by Crippen LogP contribution is -2.43. The smallest absolute Gasteiger partial charge is 0.284 e. The molecule has 1 aromatic rings. The first-order chi connectivity index (χ1) is 8.02. The van der Waals surface area contributed by atoms with Gasteiger partial charge in [-0.05, 0) is 0 Å². The van der Waals surface area contributed by atoms with E-state index in [1.165, 1.54) is 4.90 Å². The van der Waals surface area contributed by atoms with Crippen LogP contribution in [0.2, 0.25) is 0 Å². The van der Waals surface area contributed by atoms with E-state index >= 15 is 0 Å². The Morgan fingerprint density at radius 2 is 2.00 bits per heavy atom. The highest BCUT2D eigenvalue weighted by Gasteiger charge is 2.27. The molecule has 0 radical (unpaired) electrons. The van der Waals surface area contributed by atoms with Gasteiger partial charge in [0.1, 0.15) is 0 Å². The number of carbonyl (C=O) groups is 1. The predicted molar refractivity (Wildman–Crippen MR) is 64.0 cm³/mol. The predicted octanol–water partition coefficient (Wildman–Crippen LogP) is -0.550. The van der Waals surface area contributed by atoms with Crippen molar-refractivity contribution in [2.45, 2.75) is 0 Å². The minimum absolute atomic E-state index is 0.0242. The molecule has 0 atom stereocenters. The third kappa shape index (κ3) is 2.72. The molecule has 2 heterocycles. The monoisotopic (exact) mass is 276 g/mol. The van der Waals surface area contributed by atoms with Crippen LogP contribution in [0.1, 0.15) is 9.80 Å². The Morgan fingerprint density at radius 3 is 2.53 bits per heavy atom. The van der Waals surface area contributed by atoms with Gasteiger partial charge in [0, 0.05) is 20.1 Å². The molecule has 1 aliphatic rings. The van der Waals surface area contributed by atoms with Gasteiger partial charge < -0.3 is 10.2 Å². The minimum Gasteiger partial charge on any atom is -0.363 e. The van der Waals surface area contributed by atoms with Crippen molar-refractivity contribution in [1.29, 1.82) is 0 Å². The highest BCUT2D eigenvalue weighted by Crippen LogP contribution is 2.17. The SMILES string of the molecule is CNc1nnc(C(=O)N2CCS(=O)(=O)CC2)s1.